The lowest BCUT2D eigenvalue weighted by molar-refractivity contribution is 0.147. The number of halogens is 1. The molecule has 0 saturated carbocycles. The van der Waals surface area contributed by atoms with Crippen LogP contribution in [-0.4, -0.2) is 86.7 Å². The Morgan fingerprint density at radius 1 is 1.13 bits per heavy atom. The minimum atomic E-state index is 0. The van der Waals surface area contributed by atoms with E-state index < -0.39 is 0 Å². The van der Waals surface area contributed by atoms with Gasteiger partial charge >= 0.3 is 0 Å². The second-order valence-corrected chi connectivity index (χ2v) is 8.26. The summed E-state index contributed by atoms with van der Waals surface area (Å²) in [7, 11) is 4.01. The molecule has 1 aromatic heterocycles. The molecule has 0 amide bonds. The van der Waals surface area contributed by atoms with Gasteiger partial charge in [-0.15, -0.1) is 24.0 Å². The molecule has 7 nitrogen and oxygen atoms in total. The number of rotatable bonds is 7. The van der Waals surface area contributed by atoms with Crippen molar-refractivity contribution in [2.24, 2.45) is 4.99 Å². The number of nitrogens with one attached hydrogen (secondary N) is 2. The number of likely N-dealkylation sites (N-methyl/N-ethyl adjacent to an activating group) is 1. The number of guanidine groups is 1. The van der Waals surface area contributed by atoms with Crippen LogP contribution in [0, 0.1) is 0 Å². The van der Waals surface area contributed by atoms with Crippen LogP contribution in [0.25, 0.3) is 0 Å². The van der Waals surface area contributed by atoms with Crippen LogP contribution in [0.15, 0.2) is 23.3 Å². The van der Waals surface area contributed by atoms with Gasteiger partial charge in [-0.25, -0.2) is 4.98 Å². The number of hydrogen-bond acceptors (Lipinski definition) is 5. The number of nitrogens with zero attached hydrogens (tertiary/aromatic N) is 5. The Balaban J connectivity index is 0.00000320. The zero-order valence-electron chi connectivity index (χ0n) is 18.9. The maximum absolute atomic E-state index is 4.67. The van der Waals surface area contributed by atoms with Crippen LogP contribution < -0.4 is 15.5 Å². The van der Waals surface area contributed by atoms with E-state index in [1.807, 2.05) is 13.2 Å². The van der Waals surface area contributed by atoms with Crippen molar-refractivity contribution in [1.82, 2.24) is 25.4 Å². The molecule has 1 aromatic rings. The molecule has 0 spiro atoms. The summed E-state index contributed by atoms with van der Waals surface area (Å²) in [5.74, 6) is 1.94. The summed E-state index contributed by atoms with van der Waals surface area (Å²) in [6.07, 6.45) is 7.30. The van der Waals surface area contributed by atoms with Gasteiger partial charge in [0.05, 0.1) is 0 Å². The van der Waals surface area contributed by atoms with Crippen LogP contribution in [0.1, 0.15) is 38.2 Å². The third-order valence-corrected chi connectivity index (χ3v) is 6.23. The fourth-order valence-electron chi connectivity index (χ4n) is 4.28. The molecule has 2 aliphatic heterocycles. The van der Waals surface area contributed by atoms with Crippen molar-refractivity contribution in [2.75, 3.05) is 64.8 Å². The number of piperazine rings is 1. The number of anilines is 1. The smallest absolute Gasteiger partial charge is 0.191 e. The van der Waals surface area contributed by atoms with Gasteiger partial charge in [0.25, 0.3) is 0 Å². The number of aliphatic imine (C=N–C) groups is 1. The van der Waals surface area contributed by atoms with Crippen LogP contribution in [-0.2, 0) is 6.54 Å². The molecular weight excluding hydrogens is 489 g/mol. The summed E-state index contributed by atoms with van der Waals surface area (Å²) in [5, 5.41) is 6.88. The third kappa shape index (κ3) is 7.53. The van der Waals surface area contributed by atoms with Gasteiger partial charge < -0.3 is 20.4 Å². The summed E-state index contributed by atoms with van der Waals surface area (Å²) in [6, 6.07) is 5.06. The Labute approximate surface area is 199 Å². The highest BCUT2D eigenvalue weighted by Gasteiger charge is 2.20. The Morgan fingerprint density at radius 2 is 1.93 bits per heavy atom. The summed E-state index contributed by atoms with van der Waals surface area (Å²) in [4.78, 5) is 16.4. The standard InChI is InChI=1S/C22H39N7.HI/c1-4-20-7-5-6-11-28(20)12-10-24-22(23-2)26-18-19-8-9-21(25-17-19)29-15-13-27(3)14-16-29;/h8-9,17,20H,4-7,10-16,18H2,1-3H3,(H2,23,24,26);1H. The predicted octanol–water partition coefficient (Wildman–Crippen LogP) is 2.38. The van der Waals surface area contributed by atoms with Crippen LogP contribution >= 0.6 is 24.0 Å². The Kier molecular flexibility index (Phi) is 11.2. The molecule has 3 rings (SSSR count). The zero-order valence-corrected chi connectivity index (χ0v) is 21.3. The summed E-state index contributed by atoms with van der Waals surface area (Å²) in [6.45, 7) is 10.6. The monoisotopic (exact) mass is 529 g/mol. The Morgan fingerprint density at radius 3 is 2.60 bits per heavy atom. The Hall–Kier alpha value is -1.13. The van der Waals surface area contributed by atoms with Crippen LogP contribution in [0.3, 0.4) is 0 Å². The normalized spacial score (nSPS) is 21.2. The molecule has 0 radical (unpaired) electrons. The van der Waals surface area contributed by atoms with E-state index in [2.05, 4.69) is 61.4 Å². The summed E-state index contributed by atoms with van der Waals surface area (Å²) < 4.78 is 0. The van der Waals surface area contributed by atoms with Gasteiger partial charge in [-0.05, 0) is 44.5 Å². The van der Waals surface area contributed by atoms with E-state index >= 15 is 0 Å². The molecule has 8 heteroatoms. The van der Waals surface area contributed by atoms with E-state index in [0.29, 0.717) is 0 Å². The highest BCUT2D eigenvalue weighted by molar-refractivity contribution is 14.0. The van der Waals surface area contributed by atoms with Crippen LogP contribution in [0.4, 0.5) is 5.82 Å². The van der Waals surface area contributed by atoms with E-state index in [1.54, 1.807) is 0 Å². The second-order valence-electron chi connectivity index (χ2n) is 8.26. The largest absolute Gasteiger partial charge is 0.355 e. The zero-order chi connectivity index (χ0) is 20.5. The highest BCUT2D eigenvalue weighted by atomic mass is 127. The fourth-order valence-corrected chi connectivity index (χ4v) is 4.28. The number of hydrogen-bond donors (Lipinski definition) is 2. The summed E-state index contributed by atoms with van der Waals surface area (Å²) in [5.41, 5.74) is 1.17. The molecule has 30 heavy (non-hydrogen) atoms. The lowest BCUT2D eigenvalue weighted by atomic mass is 10.0. The van der Waals surface area contributed by atoms with Crippen molar-refractivity contribution in [3.8, 4) is 0 Å². The number of likely N-dealkylation sites (tertiary alicyclic amines) is 1. The summed E-state index contributed by atoms with van der Waals surface area (Å²) >= 11 is 0. The van der Waals surface area contributed by atoms with Gasteiger partial charge in [0.15, 0.2) is 5.96 Å². The first kappa shape index (κ1) is 25.1. The van der Waals surface area contributed by atoms with E-state index in [1.165, 1.54) is 37.8 Å². The number of pyridine rings is 1. The molecule has 0 aromatic carbocycles. The van der Waals surface area contributed by atoms with Crippen molar-refractivity contribution < 1.29 is 0 Å². The fraction of sp³-hybridized carbons (Fsp3) is 0.727. The van der Waals surface area contributed by atoms with Crippen LogP contribution in [0.2, 0.25) is 0 Å². The highest BCUT2D eigenvalue weighted by Crippen LogP contribution is 2.18. The average Bonchev–Trinajstić information content (AvgIpc) is 2.77. The Bertz CT molecular complexity index is 629. The minimum absolute atomic E-state index is 0. The van der Waals surface area contributed by atoms with Crippen molar-refractivity contribution in [2.45, 2.75) is 45.2 Å². The van der Waals surface area contributed by atoms with Gasteiger partial charge in [-0.1, -0.05) is 19.4 Å². The van der Waals surface area contributed by atoms with Crippen molar-refractivity contribution >= 4 is 35.8 Å². The maximum atomic E-state index is 4.67. The van der Waals surface area contributed by atoms with Crippen molar-refractivity contribution in [3.63, 3.8) is 0 Å². The SMILES string of the molecule is CCC1CCCCN1CCNC(=NC)NCc1ccc(N2CCN(C)CC2)nc1.I. The van der Waals surface area contributed by atoms with E-state index in [-0.39, 0.29) is 24.0 Å². The molecule has 2 N–H and O–H groups in total. The third-order valence-electron chi connectivity index (χ3n) is 6.23. The minimum Gasteiger partial charge on any atom is -0.355 e. The molecule has 2 fully saturated rings. The van der Waals surface area contributed by atoms with Gasteiger partial charge in [0.2, 0.25) is 0 Å². The van der Waals surface area contributed by atoms with E-state index in [0.717, 1.165) is 63.6 Å². The topological polar surface area (TPSA) is 59.0 Å². The first-order valence-electron chi connectivity index (χ1n) is 11.3. The average molecular weight is 530 g/mol. The first-order valence-corrected chi connectivity index (χ1v) is 11.3. The van der Waals surface area contributed by atoms with Gasteiger partial charge in [0, 0.05) is 65.1 Å². The maximum Gasteiger partial charge on any atom is 0.191 e. The molecule has 3 heterocycles. The lowest BCUT2D eigenvalue weighted by Crippen LogP contribution is -2.45. The quantitative estimate of drug-likeness (QED) is 0.322. The molecule has 0 aliphatic carbocycles. The van der Waals surface area contributed by atoms with Gasteiger partial charge in [0.1, 0.15) is 5.82 Å². The molecule has 1 unspecified atom stereocenters. The molecule has 2 saturated heterocycles. The number of aromatic nitrogens is 1. The molecular formula is C22H40IN7. The van der Waals surface area contributed by atoms with E-state index in [4.69, 9.17) is 0 Å². The number of piperidine rings is 1. The van der Waals surface area contributed by atoms with Crippen molar-refractivity contribution in [1.29, 1.82) is 0 Å². The van der Waals surface area contributed by atoms with Gasteiger partial charge in [-0.2, -0.15) is 0 Å². The van der Waals surface area contributed by atoms with Crippen molar-refractivity contribution in [3.05, 3.63) is 23.9 Å². The second kappa shape index (κ2) is 13.3. The molecule has 1 atom stereocenters. The van der Waals surface area contributed by atoms with Gasteiger partial charge in [-0.3, -0.25) is 9.89 Å². The van der Waals surface area contributed by atoms with E-state index in [9.17, 15) is 0 Å². The molecule has 2 aliphatic rings. The molecule has 0 bridgehead atoms. The lowest BCUT2D eigenvalue weighted by Gasteiger charge is -2.35. The first-order chi connectivity index (χ1) is 14.2. The molecule has 170 valence electrons. The predicted molar refractivity (Wildman–Crippen MR) is 137 cm³/mol. The van der Waals surface area contributed by atoms with Crippen LogP contribution in [0.5, 0.6) is 0 Å².